The summed E-state index contributed by atoms with van der Waals surface area (Å²) >= 11 is 7.90. The van der Waals surface area contributed by atoms with Crippen molar-refractivity contribution in [3.05, 3.63) is 17.5 Å². The molecule has 0 radical (unpaired) electrons. The van der Waals surface area contributed by atoms with Crippen LogP contribution in [0.3, 0.4) is 0 Å². The van der Waals surface area contributed by atoms with Crippen molar-refractivity contribution in [2.24, 2.45) is 0 Å². The molecule has 5 heteroatoms. The summed E-state index contributed by atoms with van der Waals surface area (Å²) < 4.78 is 12.0. The van der Waals surface area contributed by atoms with E-state index in [9.17, 15) is 0 Å². The van der Waals surface area contributed by atoms with Gasteiger partial charge in [-0.25, -0.2) is 0 Å². The second-order valence-electron chi connectivity index (χ2n) is 2.38. The first kappa shape index (κ1) is 11.2. The highest BCUT2D eigenvalue weighted by molar-refractivity contribution is 7.35. The molecule has 2 nitrogen and oxygen atoms in total. The summed E-state index contributed by atoms with van der Waals surface area (Å²) in [4.78, 5) is 0. The molecule has 13 heavy (non-hydrogen) atoms. The summed E-state index contributed by atoms with van der Waals surface area (Å²) in [5.41, 5.74) is 0. The Balaban J connectivity index is 2.78. The average molecular weight is 237 g/mol. The molecule has 0 unspecified atom stereocenters. The van der Waals surface area contributed by atoms with Crippen molar-refractivity contribution in [3.63, 3.8) is 0 Å². The first-order valence-electron chi connectivity index (χ1n) is 4.23. The van der Waals surface area contributed by atoms with Gasteiger partial charge in [0.25, 0.3) is 0 Å². The molecule has 1 heterocycles. The molecule has 0 aliphatic rings. The third-order valence-corrected chi connectivity index (χ3v) is 7.00. The van der Waals surface area contributed by atoms with Crippen LogP contribution in [0, 0.1) is 0 Å². The van der Waals surface area contributed by atoms with E-state index in [1.807, 2.05) is 31.4 Å². The Kier molecular flexibility index (Phi) is 4.41. The second-order valence-corrected chi connectivity index (χ2v) is 7.37. The van der Waals surface area contributed by atoms with Crippen LogP contribution in [0.15, 0.2) is 17.5 Å². The largest absolute Gasteiger partial charge is 0.488 e. The van der Waals surface area contributed by atoms with Gasteiger partial charge in [-0.3, -0.25) is 0 Å². The lowest BCUT2D eigenvalue weighted by molar-refractivity contribution is 0.216. The first-order valence-corrected chi connectivity index (χ1v) is 7.94. The highest BCUT2D eigenvalue weighted by Gasteiger charge is 2.39. The number of thiophene rings is 1. The first-order chi connectivity index (χ1) is 6.23. The van der Waals surface area contributed by atoms with Crippen molar-refractivity contribution in [1.82, 2.24) is 0 Å². The zero-order chi connectivity index (χ0) is 9.73. The van der Waals surface area contributed by atoms with Crippen LogP contribution < -0.4 is 4.50 Å². The van der Waals surface area contributed by atoms with E-state index in [1.165, 1.54) is 0 Å². The van der Waals surface area contributed by atoms with E-state index in [0.29, 0.717) is 13.2 Å². The molecule has 1 rings (SSSR count). The Bertz CT molecular complexity index is 234. The van der Waals surface area contributed by atoms with Crippen LogP contribution in [-0.2, 0) is 8.85 Å². The normalized spacial score (nSPS) is 11.9. The van der Waals surface area contributed by atoms with Gasteiger partial charge in [-0.1, -0.05) is 17.1 Å². The summed E-state index contributed by atoms with van der Waals surface area (Å²) in [6.07, 6.45) is 0. The summed E-state index contributed by atoms with van der Waals surface area (Å²) in [6.45, 7) is 5.04. The van der Waals surface area contributed by atoms with E-state index >= 15 is 0 Å². The molecule has 1 aromatic rings. The van der Waals surface area contributed by atoms with Crippen LogP contribution in [-0.4, -0.2) is 21.1 Å². The molecule has 1 aromatic heterocycles. The molecule has 0 aliphatic heterocycles. The van der Waals surface area contributed by atoms with Crippen molar-refractivity contribution in [2.45, 2.75) is 13.8 Å². The minimum absolute atomic E-state index is 0.591. The van der Waals surface area contributed by atoms with Crippen LogP contribution in [0.25, 0.3) is 0 Å². The Morgan fingerprint density at radius 1 is 1.38 bits per heavy atom. The van der Waals surface area contributed by atoms with Crippen LogP contribution in [0.1, 0.15) is 13.8 Å². The molecule has 0 saturated carbocycles. The monoisotopic (exact) mass is 236 g/mol. The molecule has 0 spiro atoms. The van der Waals surface area contributed by atoms with Crippen molar-refractivity contribution in [3.8, 4) is 0 Å². The highest BCUT2D eigenvalue weighted by atomic mass is 35.6. The van der Waals surface area contributed by atoms with Crippen molar-refractivity contribution < 1.29 is 8.85 Å². The van der Waals surface area contributed by atoms with Gasteiger partial charge in [0.1, 0.15) is 0 Å². The smallest absolute Gasteiger partial charge is 0.380 e. The SMILES string of the molecule is CCO[Si](Cl)(OCC)c1cccs1. The molecule has 0 fully saturated rings. The van der Waals surface area contributed by atoms with Gasteiger partial charge in [-0.15, -0.1) is 11.3 Å². The van der Waals surface area contributed by atoms with Gasteiger partial charge in [0.2, 0.25) is 0 Å². The highest BCUT2D eigenvalue weighted by Crippen LogP contribution is 2.16. The van der Waals surface area contributed by atoms with Crippen LogP contribution >= 0.6 is 22.4 Å². The molecule has 0 aromatic carbocycles. The maximum absolute atomic E-state index is 6.31. The number of rotatable bonds is 5. The Labute approximate surface area is 88.4 Å². The van der Waals surface area contributed by atoms with Gasteiger partial charge in [0.15, 0.2) is 0 Å². The van der Waals surface area contributed by atoms with E-state index in [1.54, 1.807) is 11.3 Å². The maximum atomic E-state index is 6.31. The van der Waals surface area contributed by atoms with Gasteiger partial charge in [0.05, 0.1) is 4.50 Å². The predicted octanol–water partition coefficient (Wildman–Crippen LogP) is 2.21. The average Bonchev–Trinajstić information content (AvgIpc) is 2.57. The van der Waals surface area contributed by atoms with Gasteiger partial charge in [-0.2, -0.15) is 0 Å². The molecule has 0 aliphatic carbocycles. The molecular weight excluding hydrogens is 224 g/mol. The lowest BCUT2D eigenvalue weighted by Crippen LogP contribution is -2.47. The lowest BCUT2D eigenvalue weighted by atomic mass is 10.7. The minimum Gasteiger partial charge on any atom is -0.380 e. The third kappa shape index (κ3) is 2.79. The van der Waals surface area contributed by atoms with Crippen molar-refractivity contribution in [1.29, 1.82) is 0 Å². The maximum Gasteiger partial charge on any atom is 0.488 e. The van der Waals surface area contributed by atoms with Crippen molar-refractivity contribution in [2.75, 3.05) is 13.2 Å². The summed E-state index contributed by atoms with van der Waals surface area (Å²) in [7, 11) is -2.58. The minimum atomic E-state index is -2.58. The third-order valence-electron chi connectivity index (χ3n) is 1.48. The number of hydrogen-bond acceptors (Lipinski definition) is 3. The molecule has 0 amide bonds. The van der Waals surface area contributed by atoms with E-state index in [2.05, 4.69) is 0 Å². The molecule has 0 bridgehead atoms. The van der Waals surface area contributed by atoms with Gasteiger partial charge >= 0.3 is 7.87 Å². The fourth-order valence-electron chi connectivity index (χ4n) is 1.00. The summed E-state index contributed by atoms with van der Waals surface area (Å²) in [5.74, 6) is 0. The Morgan fingerprint density at radius 2 is 2.00 bits per heavy atom. The molecule has 0 atom stereocenters. The van der Waals surface area contributed by atoms with Gasteiger partial charge in [0, 0.05) is 13.2 Å². The molecular formula is C8H13ClO2SSi. The lowest BCUT2D eigenvalue weighted by Gasteiger charge is -2.21. The zero-order valence-electron chi connectivity index (χ0n) is 7.75. The standard InChI is InChI=1S/C8H13ClO2SSi/c1-3-10-13(9,11-4-2)8-6-5-7-12-8/h5-7H,3-4H2,1-2H3. The predicted molar refractivity (Wildman–Crippen MR) is 58.8 cm³/mol. The van der Waals surface area contributed by atoms with Crippen LogP contribution in [0.4, 0.5) is 0 Å². The van der Waals surface area contributed by atoms with Gasteiger partial charge < -0.3 is 8.85 Å². The molecule has 74 valence electrons. The summed E-state index contributed by atoms with van der Waals surface area (Å²) in [6, 6.07) is 3.93. The van der Waals surface area contributed by atoms with E-state index < -0.39 is 7.87 Å². The Hall–Kier alpha value is 0.127. The second kappa shape index (κ2) is 5.12. The van der Waals surface area contributed by atoms with Gasteiger partial charge in [-0.05, 0) is 25.3 Å². The molecule has 0 N–H and O–H groups in total. The fourth-order valence-corrected chi connectivity index (χ4v) is 5.24. The quantitative estimate of drug-likeness (QED) is 0.577. The van der Waals surface area contributed by atoms with E-state index in [0.717, 1.165) is 4.50 Å². The number of halogens is 1. The van der Waals surface area contributed by atoms with Crippen LogP contribution in [0.5, 0.6) is 0 Å². The fraction of sp³-hybridized carbons (Fsp3) is 0.500. The van der Waals surface area contributed by atoms with Crippen LogP contribution in [0.2, 0.25) is 0 Å². The Morgan fingerprint density at radius 3 is 2.38 bits per heavy atom. The summed E-state index contributed by atoms with van der Waals surface area (Å²) in [5, 5.41) is 1.98. The zero-order valence-corrected chi connectivity index (χ0v) is 10.3. The number of hydrogen-bond donors (Lipinski definition) is 0. The molecule has 0 saturated heterocycles. The van der Waals surface area contributed by atoms with Crippen molar-refractivity contribution >= 4 is 34.8 Å². The van der Waals surface area contributed by atoms with E-state index in [4.69, 9.17) is 19.9 Å². The topological polar surface area (TPSA) is 18.5 Å². The van der Waals surface area contributed by atoms with E-state index in [-0.39, 0.29) is 0 Å².